The fourth-order valence-corrected chi connectivity index (χ4v) is 4.19. The molecule has 1 aliphatic rings. The van der Waals surface area contributed by atoms with Gasteiger partial charge in [-0.25, -0.2) is 17.9 Å². The number of hydrogen-bond acceptors (Lipinski definition) is 4. The Morgan fingerprint density at radius 2 is 1.86 bits per heavy atom. The fraction of sp³-hybridized carbons (Fsp3) is 0.429. The third kappa shape index (κ3) is 2.84. The zero-order valence-corrected chi connectivity index (χ0v) is 13.2. The normalized spacial score (nSPS) is 16.2. The van der Waals surface area contributed by atoms with E-state index in [1.807, 2.05) is 18.2 Å². The van der Waals surface area contributed by atoms with E-state index in [1.54, 1.807) is 23.7 Å². The predicted molar refractivity (Wildman–Crippen MR) is 81.8 cm³/mol. The zero-order valence-electron chi connectivity index (χ0n) is 12.3. The van der Waals surface area contributed by atoms with Crippen molar-refractivity contribution >= 4 is 10.0 Å². The van der Waals surface area contributed by atoms with E-state index in [2.05, 4.69) is 5.10 Å². The van der Waals surface area contributed by atoms with E-state index in [4.69, 9.17) is 0 Å². The van der Waals surface area contributed by atoms with E-state index < -0.39 is 10.0 Å². The van der Waals surface area contributed by atoms with Gasteiger partial charge in [-0.1, -0.05) is 30.3 Å². The highest BCUT2D eigenvalue weighted by Crippen LogP contribution is 2.14. The molecule has 0 fully saturated rings. The lowest BCUT2D eigenvalue weighted by atomic mass is 10.2. The second-order valence-electron chi connectivity index (χ2n) is 5.36. The molecule has 0 N–H and O–H groups in total. The summed E-state index contributed by atoms with van der Waals surface area (Å²) < 4.78 is 29.4. The molecule has 0 atom stereocenters. The summed E-state index contributed by atoms with van der Waals surface area (Å²) in [7, 11) is -1.79. The highest BCUT2D eigenvalue weighted by molar-refractivity contribution is 7.88. The van der Waals surface area contributed by atoms with Crippen molar-refractivity contribution in [3.05, 3.63) is 52.2 Å². The van der Waals surface area contributed by atoms with Crippen LogP contribution in [0.4, 0.5) is 0 Å². The van der Waals surface area contributed by atoms with Gasteiger partial charge in [-0.3, -0.25) is 4.57 Å². The quantitative estimate of drug-likeness (QED) is 0.795. The van der Waals surface area contributed by atoms with E-state index in [9.17, 15) is 13.2 Å². The van der Waals surface area contributed by atoms with Gasteiger partial charge in [0.15, 0.2) is 0 Å². The molecule has 2 heterocycles. The van der Waals surface area contributed by atoms with E-state index >= 15 is 0 Å². The van der Waals surface area contributed by atoms with E-state index in [1.165, 1.54) is 8.99 Å². The topological polar surface area (TPSA) is 77.2 Å². The minimum absolute atomic E-state index is 0.0197. The maximum atomic E-state index is 12.5. The molecule has 0 saturated carbocycles. The molecular formula is C14H18N4O3S. The van der Waals surface area contributed by atoms with Gasteiger partial charge in [0.25, 0.3) is 0 Å². The number of aryl methyl sites for hydroxylation is 1. The first-order valence-electron chi connectivity index (χ1n) is 7.12. The monoisotopic (exact) mass is 322 g/mol. The molecule has 0 saturated heterocycles. The van der Waals surface area contributed by atoms with Crippen LogP contribution in [0.25, 0.3) is 0 Å². The molecule has 7 nitrogen and oxygen atoms in total. The van der Waals surface area contributed by atoms with Gasteiger partial charge in [0, 0.05) is 33.1 Å². The summed E-state index contributed by atoms with van der Waals surface area (Å²) in [5, 5.41) is 4.16. The van der Waals surface area contributed by atoms with Gasteiger partial charge >= 0.3 is 5.69 Å². The third-order valence-corrected chi connectivity index (χ3v) is 5.68. The number of sulfonamides is 1. The Morgan fingerprint density at radius 1 is 1.14 bits per heavy atom. The Balaban J connectivity index is 1.78. The third-order valence-electron chi connectivity index (χ3n) is 3.83. The number of nitrogens with zero attached hydrogens (tertiary/aromatic N) is 4. The fourth-order valence-electron chi connectivity index (χ4n) is 2.67. The Bertz CT molecular complexity index is 824. The Labute approximate surface area is 128 Å². The summed E-state index contributed by atoms with van der Waals surface area (Å²) in [6, 6.07) is 9.11. The van der Waals surface area contributed by atoms with Crippen molar-refractivity contribution in [1.82, 2.24) is 18.7 Å². The molecule has 1 aromatic heterocycles. The lowest BCUT2D eigenvalue weighted by molar-refractivity contribution is 0.410. The van der Waals surface area contributed by atoms with Crippen LogP contribution in [-0.2, 0) is 35.8 Å². The van der Waals surface area contributed by atoms with Crippen LogP contribution in [0.3, 0.4) is 0 Å². The summed E-state index contributed by atoms with van der Waals surface area (Å²) in [6.45, 7) is 0.995. The molecule has 0 bridgehead atoms. The molecule has 118 valence electrons. The second-order valence-corrected chi connectivity index (χ2v) is 7.33. The van der Waals surface area contributed by atoms with Gasteiger partial charge in [-0.15, -0.1) is 0 Å². The molecule has 1 aromatic carbocycles. The molecule has 3 rings (SSSR count). The number of benzene rings is 1. The van der Waals surface area contributed by atoms with Gasteiger partial charge in [0.05, 0.1) is 5.75 Å². The highest BCUT2D eigenvalue weighted by atomic mass is 32.2. The Kier molecular flexibility index (Phi) is 3.88. The number of aromatic nitrogens is 3. The molecule has 0 radical (unpaired) electrons. The van der Waals surface area contributed by atoms with Gasteiger partial charge < -0.3 is 0 Å². The van der Waals surface area contributed by atoms with E-state index in [0.29, 0.717) is 31.9 Å². The van der Waals surface area contributed by atoms with Crippen LogP contribution in [0.2, 0.25) is 0 Å². The summed E-state index contributed by atoms with van der Waals surface area (Å²) >= 11 is 0. The largest absolute Gasteiger partial charge is 0.345 e. The molecule has 8 heteroatoms. The number of rotatable bonds is 3. The summed E-state index contributed by atoms with van der Waals surface area (Å²) in [6.07, 6.45) is 0.449. The van der Waals surface area contributed by atoms with E-state index in [-0.39, 0.29) is 11.4 Å². The molecule has 0 unspecified atom stereocenters. The Hall–Kier alpha value is -1.93. The van der Waals surface area contributed by atoms with Crippen molar-refractivity contribution < 1.29 is 8.42 Å². The maximum absolute atomic E-state index is 12.5. The van der Waals surface area contributed by atoms with Crippen LogP contribution in [0, 0.1) is 0 Å². The molecule has 0 spiro atoms. The van der Waals surface area contributed by atoms with Gasteiger partial charge in [-0.05, 0) is 5.56 Å². The molecule has 2 aromatic rings. The van der Waals surface area contributed by atoms with Gasteiger partial charge in [-0.2, -0.15) is 9.40 Å². The number of fused-ring (bicyclic) bond motifs is 1. The Morgan fingerprint density at radius 3 is 2.59 bits per heavy atom. The minimum atomic E-state index is -3.39. The van der Waals surface area contributed by atoms with Crippen LogP contribution in [-0.4, -0.2) is 40.2 Å². The first kappa shape index (κ1) is 15.0. The predicted octanol–water partition coefficient (Wildman–Crippen LogP) is -0.0301. The van der Waals surface area contributed by atoms with Crippen LogP contribution >= 0.6 is 0 Å². The minimum Gasteiger partial charge on any atom is -0.278 e. The van der Waals surface area contributed by atoms with Crippen molar-refractivity contribution in [3.63, 3.8) is 0 Å². The van der Waals surface area contributed by atoms with Gasteiger partial charge in [0.2, 0.25) is 10.0 Å². The van der Waals surface area contributed by atoms with E-state index in [0.717, 1.165) is 5.56 Å². The smallest absolute Gasteiger partial charge is 0.278 e. The van der Waals surface area contributed by atoms with Crippen LogP contribution in [0.15, 0.2) is 35.1 Å². The first-order valence-corrected chi connectivity index (χ1v) is 8.73. The average molecular weight is 322 g/mol. The maximum Gasteiger partial charge on any atom is 0.345 e. The SMILES string of the molecule is Cn1nc2n(c1=O)CCN(S(=O)(=O)Cc1ccccc1)CC2. The molecule has 0 amide bonds. The highest BCUT2D eigenvalue weighted by Gasteiger charge is 2.26. The molecule has 0 aliphatic carbocycles. The lowest BCUT2D eigenvalue weighted by Crippen LogP contribution is -2.35. The zero-order chi connectivity index (χ0) is 15.7. The van der Waals surface area contributed by atoms with Crippen LogP contribution in [0.1, 0.15) is 11.4 Å². The average Bonchev–Trinajstić information content (AvgIpc) is 2.66. The van der Waals surface area contributed by atoms with Crippen molar-refractivity contribution in [2.24, 2.45) is 7.05 Å². The standard InChI is InChI=1S/C14H18N4O3S/c1-16-14(19)18-10-9-17(8-7-13(18)15-16)22(20,21)11-12-5-3-2-4-6-12/h2-6H,7-11H2,1H3. The molecule has 1 aliphatic heterocycles. The van der Waals surface area contributed by atoms with Crippen LogP contribution in [0.5, 0.6) is 0 Å². The summed E-state index contributed by atoms with van der Waals surface area (Å²) in [5.41, 5.74) is 0.567. The van der Waals surface area contributed by atoms with Crippen molar-refractivity contribution in [3.8, 4) is 0 Å². The van der Waals surface area contributed by atoms with Crippen molar-refractivity contribution in [1.29, 1.82) is 0 Å². The lowest BCUT2D eigenvalue weighted by Gasteiger charge is -2.19. The van der Waals surface area contributed by atoms with Crippen molar-refractivity contribution in [2.75, 3.05) is 13.1 Å². The van der Waals surface area contributed by atoms with Crippen molar-refractivity contribution in [2.45, 2.75) is 18.7 Å². The summed E-state index contributed by atoms with van der Waals surface area (Å²) in [4.78, 5) is 11.9. The molecule has 22 heavy (non-hydrogen) atoms. The molecular weight excluding hydrogens is 304 g/mol. The summed E-state index contributed by atoms with van der Waals surface area (Å²) in [5.74, 6) is 0.624. The van der Waals surface area contributed by atoms with Gasteiger partial charge in [0.1, 0.15) is 5.82 Å². The first-order chi connectivity index (χ1) is 10.5. The van der Waals surface area contributed by atoms with Crippen LogP contribution < -0.4 is 5.69 Å². The second kappa shape index (κ2) is 5.69. The number of hydrogen-bond donors (Lipinski definition) is 0.